The van der Waals surface area contributed by atoms with E-state index in [1.165, 1.54) is 5.56 Å². The van der Waals surface area contributed by atoms with Crippen LogP contribution in [0.5, 0.6) is 0 Å². The van der Waals surface area contributed by atoms with E-state index in [0.29, 0.717) is 12.1 Å². The zero-order chi connectivity index (χ0) is 20.9. The number of aromatic nitrogens is 2. The molecule has 0 aliphatic carbocycles. The van der Waals surface area contributed by atoms with Gasteiger partial charge in [-0.15, -0.1) is 0 Å². The molecular weight excluding hydrogens is 372 g/mol. The van der Waals surface area contributed by atoms with Crippen molar-refractivity contribution in [2.75, 3.05) is 4.90 Å². The number of anilines is 1. The minimum absolute atomic E-state index is 0.0387. The lowest BCUT2D eigenvalue weighted by Crippen LogP contribution is -2.60. The van der Waals surface area contributed by atoms with Gasteiger partial charge in [0, 0.05) is 29.4 Å². The van der Waals surface area contributed by atoms with E-state index in [2.05, 4.69) is 51.4 Å². The molecule has 0 radical (unpaired) electrons. The number of hydrogen-bond acceptors (Lipinski definition) is 3. The number of nitrogens with one attached hydrogen (secondary N) is 2. The van der Waals surface area contributed by atoms with E-state index in [1.54, 1.807) is 6.20 Å². The Morgan fingerprint density at radius 1 is 1.03 bits per heavy atom. The van der Waals surface area contributed by atoms with Gasteiger partial charge in [0.1, 0.15) is 11.3 Å². The fraction of sp³-hybridized carbons (Fsp3) is 0.200. The highest BCUT2D eigenvalue weighted by Gasteiger charge is 2.36. The first kappa shape index (κ1) is 18.4. The van der Waals surface area contributed by atoms with E-state index in [1.807, 2.05) is 50.2 Å². The lowest BCUT2D eigenvalue weighted by Gasteiger charge is -2.45. The summed E-state index contributed by atoms with van der Waals surface area (Å²) < 4.78 is 0. The maximum absolute atomic E-state index is 12.8. The fourth-order valence-corrected chi connectivity index (χ4v) is 4.39. The number of carbonyl (C=O) groups excluding carboxylic acids is 1. The van der Waals surface area contributed by atoms with Crippen LogP contribution in [-0.2, 0) is 6.54 Å². The van der Waals surface area contributed by atoms with Crippen molar-refractivity contribution in [1.29, 1.82) is 0 Å². The molecule has 150 valence electrons. The summed E-state index contributed by atoms with van der Waals surface area (Å²) in [5.74, 6) is -0.0387. The Kier molecular flexibility index (Phi) is 4.13. The lowest BCUT2D eigenvalue weighted by molar-refractivity contribution is 0.0897. The van der Waals surface area contributed by atoms with Crippen molar-refractivity contribution in [1.82, 2.24) is 15.3 Å². The number of pyridine rings is 1. The normalized spacial score (nSPS) is 15.2. The van der Waals surface area contributed by atoms with E-state index >= 15 is 0 Å². The van der Waals surface area contributed by atoms with Crippen LogP contribution in [0.2, 0.25) is 0 Å². The molecule has 2 aromatic heterocycles. The van der Waals surface area contributed by atoms with Gasteiger partial charge in [0.2, 0.25) is 0 Å². The Hall–Kier alpha value is -3.60. The molecular formula is C25H24N4O. The SMILES string of the molecule is Cc1[nH]c2ncccc2c1-c1ccc2c(c1)N(Cc1ccccc1)C(C)(C)NC2=O. The van der Waals surface area contributed by atoms with Gasteiger partial charge in [0.25, 0.3) is 5.91 Å². The van der Waals surface area contributed by atoms with Crippen molar-refractivity contribution >= 4 is 22.6 Å². The van der Waals surface area contributed by atoms with Gasteiger partial charge in [-0.3, -0.25) is 4.79 Å². The molecule has 3 heterocycles. The third-order valence-corrected chi connectivity index (χ3v) is 5.86. The van der Waals surface area contributed by atoms with Gasteiger partial charge in [-0.05, 0) is 56.2 Å². The molecule has 1 aliphatic heterocycles. The maximum Gasteiger partial charge on any atom is 0.255 e. The predicted octanol–water partition coefficient (Wildman–Crippen LogP) is 5.02. The number of amides is 1. The fourth-order valence-electron chi connectivity index (χ4n) is 4.39. The van der Waals surface area contributed by atoms with Gasteiger partial charge in [0.05, 0.1) is 11.3 Å². The number of hydrogen-bond donors (Lipinski definition) is 2. The minimum Gasteiger partial charge on any atom is -0.344 e. The third kappa shape index (κ3) is 2.94. The average molecular weight is 396 g/mol. The summed E-state index contributed by atoms with van der Waals surface area (Å²) in [6.07, 6.45) is 1.80. The molecule has 2 aromatic carbocycles. The highest BCUT2D eigenvalue weighted by Crippen LogP contribution is 2.38. The molecule has 0 unspecified atom stereocenters. The topological polar surface area (TPSA) is 61.0 Å². The minimum atomic E-state index is -0.505. The summed E-state index contributed by atoms with van der Waals surface area (Å²) in [7, 11) is 0. The largest absolute Gasteiger partial charge is 0.344 e. The molecule has 0 atom stereocenters. The van der Waals surface area contributed by atoms with Gasteiger partial charge >= 0.3 is 0 Å². The number of nitrogens with zero attached hydrogens (tertiary/aromatic N) is 2. The molecule has 30 heavy (non-hydrogen) atoms. The molecule has 0 saturated heterocycles. The van der Waals surface area contributed by atoms with Crippen LogP contribution >= 0.6 is 0 Å². The van der Waals surface area contributed by atoms with Crippen LogP contribution in [0.3, 0.4) is 0 Å². The molecule has 5 rings (SSSR count). The van der Waals surface area contributed by atoms with Crippen LogP contribution in [0.1, 0.15) is 35.5 Å². The number of carbonyl (C=O) groups is 1. The van der Waals surface area contributed by atoms with Crippen LogP contribution in [0.15, 0.2) is 66.9 Å². The molecule has 5 heteroatoms. The van der Waals surface area contributed by atoms with Crippen LogP contribution in [0, 0.1) is 6.92 Å². The summed E-state index contributed by atoms with van der Waals surface area (Å²) in [5, 5.41) is 4.24. The summed E-state index contributed by atoms with van der Waals surface area (Å²) in [4.78, 5) is 22.9. The van der Waals surface area contributed by atoms with Gasteiger partial charge in [-0.2, -0.15) is 0 Å². The lowest BCUT2D eigenvalue weighted by atomic mass is 9.95. The second-order valence-corrected chi connectivity index (χ2v) is 8.34. The molecule has 1 aliphatic rings. The number of aromatic amines is 1. The molecule has 0 saturated carbocycles. The van der Waals surface area contributed by atoms with E-state index in [-0.39, 0.29) is 5.91 Å². The third-order valence-electron chi connectivity index (χ3n) is 5.86. The zero-order valence-corrected chi connectivity index (χ0v) is 17.4. The van der Waals surface area contributed by atoms with E-state index in [4.69, 9.17) is 0 Å². The maximum atomic E-state index is 12.8. The van der Waals surface area contributed by atoms with Gasteiger partial charge < -0.3 is 15.2 Å². The summed E-state index contributed by atoms with van der Waals surface area (Å²) in [6, 6.07) is 20.5. The summed E-state index contributed by atoms with van der Waals surface area (Å²) in [5.41, 5.74) is 6.49. The number of fused-ring (bicyclic) bond motifs is 2. The first-order chi connectivity index (χ1) is 14.4. The molecule has 0 spiro atoms. The van der Waals surface area contributed by atoms with E-state index < -0.39 is 5.66 Å². The molecule has 1 amide bonds. The Labute approximate surface area is 175 Å². The average Bonchev–Trinajstić information content (AvgIpc) is 3.07. The molecule has 5 nitrogen and oxygen atoms in total. The van der Waals surface area contributed by atoms with Crippen LogP contribution < -0.4 is 10.2 Å². The summed E-state index contributed by atoms with van der Waals surface area (Å²) in [6.45, 7) is 6.86. The Bertz CT molecular complexity index is 1260. The Morgan fingerprint density at radius 3 is 2.63 bits per heavy atom. The second kappa shape index (κ2) is 6.73. The van der Waals surface area contributed by atoms with Crippen molar-refractivity contribution in [3.8, 4) is 11.1 Å². The number of H-pyrrole nitrogens is 1. The zero-order valence-electron chi connectivity index (χ0n) is 17.4. The van der Waals surface area contributed by atoms with E-state index in [0.717, 1.165) is 33.5 Å². The van der Waals surface area contributed by atoms with E-state index in [9.17, 15) is 4.79 Å². The van der Waals surface area contributed by atoms with Gasteiger partial charge in [-0.25, -0.2) is 4.98 Å². The first-order valence-corrected chi connectivity index (χ1v) is 10.2. The van der Waals surface area contributed by atoms with Gasteiger partial charge in [-0.1, -0.05) is 36.4 Å². The quantitative estimate of drug-likeness (QED) is 0.511. The predicted molar refractivity (Wildman–Crippen MR) is 120 cm³/mol. The monoisotopic (exact) mass is 396 g/mol. The molecule has 4 aromatic rings. The Balaban J connectivity index is 1.67. The highest BCUT2D eigenvalue weighted by molar-refractivity contribution is 6.04. The highest BCUT2D eigenvalue weighted by atomic mass is 16.2. The molecule has 0 bridgehead atoms. The first-order valence-electron chi connectivity index (χ1n) is 10.2. The Morgan fingerprint density at radius 2 is 1.83 bits per heavy atom. The smallest absolute Gasteiger partial charge is 0.255 e. The molecule has 0 fully saturated rings. The van der Waals surface area contributed by atoms with Crippen molar-refractivity contribution in [3.63, 3.8) is 0 Å². The van der Waals surface area contributed by atoms with Gasteiger partial charge in [0.15, 0.2) is 0 Å². The van der Waals surface area contributed by atoms with Crippen molar-refractivity contribution in [3.05, 3.63) is 83.7 Å². The number of benzene rings is 2. The number of rotatable bonds is 3. The van der Waals surface area contributed by atoms with Crippen molar-refractivity contribution < 1.29 is 4.79 Å². The van der Waals surface area contributed by atoms with Crippen molar-refractivity contribution in [2.24, 2.45) is 0 Å². The number of aryl methyl sites for hydroxylation is 1. The van der Waals surface area contributed by atoms with Crippen LogP contribution in [0.4, 0.5) is 5.69 Å². The summed E-state index contributed by atoms with van der Waals surface area (Å²) >= 11 is 0. The second-order valence-electron chi connectivity index (χ2n) is 8.34. The van der Waals surface area contributed by atoms with Crippen LogP contribution in [0.25, 0.3) is 22.2 Å². The standard InChI is InChI=1S/C25H24N4O/c1-16-22(20-10-7-13-26-23(20)27-16)18-11-12-19-21(14-18)29(25(2,3)28-24(19)30)15-17-8-5-4-6-9-17/h4-14H,15H2,1-3H3,(H,26,27)(H,28,30). The van der Waals surface area contributed by atoms with Crippen molar-refractivity contribution in [2.45, 2.75) is 33.0 Å². The molecule has 2 N–H and O–H groups in total. The van der Waals surface area contributed by atoms with Crippen LogP contribution in [-0.4, -0.2) is 21.5 Å².